The number of ether oxygens (including phenoxy) is 2. The molecular formula is C19H21ClFN2O3+. The maximum Gasteiger partial charge on any atom is 0.279 e. The predicted molar refractivity (Wildman–Crippen MR) is 97.5 cm³/mol. The molecule has 0 spiro atoms. The molecule has 1 unspecified atom stereocenters. The van der Waals surface area contributed by atoms with Crippen molar-refractivity contribution in [1.82, 2.24) is 0 Å². The van der Waals surface area contributed by atoms with Gasteiger partial charge in [0.2, 0.25) is 0 Å². The average molecular weight is 380 g/mol. The number of benzene rings is 2. The second-order valence-corrected chi connectivity index (χ2v) is 6.47. The number of amides is 1. The third-order valence-corrected chi connectivity index (χ3v) is 4.58. The number of fused-ring (bicyclic) bond motifs is 1. The van der Waals surface area contributed by atoms with Gasteiger partial charge in [-0.05, 0) is 31.2 Å². The molecule has 0 aromatic heterocycles. The summed E-state index contributed by atoms with van der Waals surface area (Å²) in [6, 6.07) is 9.89. The van der Waals surface area contributed by atoms with Crippen LogP contribution in [-0.4, -0.2) is 32.2 Å². The molecule has 7 heteroatoms. The molecule has 1 atom stereocenters. The van der Waals surface area contributed by atoms with E-state index in [-0.39, 0.29) is 18.3 Å². The summed E-state index contributed by atoms with van der Waals surface area (Å²) in [7, 11) is 0. The highest BCUT2D eigenvalue weighted by Gasteiger charge is 2.18. The third kappa shape index (κ3) is 4.45. The molecule has 2 aromatic rings. The van der Waals surface area contributed by atoms with Crippen LogP contribution in [0.4, 0.5) is 10.1 Å². The lowest BCUT2D eigenvalue weighted by atomic mass is 10.2. The van der Waals surface area contributed by atoms with Gasteiger partial charge >= 0.3 is 0 Å². The fourth-order valence-electron chi connectivity index (χ4n) is 2.82. The minimum atomic E-state index is -0.351. The van der Waals surface area contributed by atoms with Crippen molar-refractivity contribution in [2.24, 2.45) is 0 Å². The quantitative estimate of drug-likeness (QED) is 0.809. The molecule has 5 nitrogen and oxygen atoms in total. The van der Waals surface area contributed by atoms with E-state index in [1.807, 2.05) is 6.92 Å². The molecule has 2 aromatic carbocycles. The zero-order chi connectivity index (χ0) is 18.5. The van der Waals surface area contributed by atoms with Crippen molar-refractivity contribution in [3.05, 3.63) is 52.8 Å². The van der Waals surface area contributed by atoms with Gasteiger partial charge in [-0.15, -0.1) is 0 Å². The maximum atomic E-state index is 14.0. The molecule has 26 heavy (non-hydrogen) atoms. The van der Waals surface area contributed by atoms with Gasteiger partial charge in [0.1, 0.15) is 25.6 Å². The Balaban J connectivity index is 1.62. The molecule has 1 amide bonds. The molecule has 3 rings (SSSR count). The fourth-order valence-corrected chi connectivity index (χ4v) is 3.05. The molecule has 1 aliphatic heterocycles. The molecule has 1 heterocycles. The Morgan fingerprint density at radius 2 is 2.00 bits per heavy atom. The van der Waals surface area contributed by atoms with Gasteiger partial charge in [-0.2, -0.15) is 0 Å². The van der Waals surface area contributed by atoms with E-state index in [1.165, 1.54) is 6.07 Å². The molecule has 0 bridgehead atoms. The van der Waals surface area contributed by atoms with E-state index in [4.69, 9.17) is 21.1 Å². The van der Waals surface area contributed by atoms with Gasteiger partial charge in [0.25, 0.3) is 5.91 Å². The number of nitrogens with one attached hydrogen (secondary N) is 2. The van der Waals surface area contributed by atoms with Crippen LogP contribution in [0, 0.1) is 5.82 Å². The minimum absolute atomic E-state index is 0.161. The minimum Gasteiger partial charge on any atom is -0.486 e. The number of anilines is 1. The normalized spacial score (nSPS) is 14.0. The van der Waals surface area contributed by atoms with Crippen LogP contribution in [0.3, 0.4) is 0 Å². The summed E-state index contributed by atoms with van der Waals surface area (Å²) in [6.07, 6.45) is 0. The van der Waals surface area contributed by atoms with Gasteiger partial charge in [0.15, 0.2) is 18.0 Å². The Kier molecular flexibility index (Phi) is 5.96. The summed E-state index contributed by atoms with van der Waals surface area (Å²) in [5, 5.41) is 3.23. The number of quaternary nitrogens is 1. The molecule has 0 saturated carbocycles. The van der Waals surface area contributed by atoms with Gasteiger partial charge in [0, 0.05) is 11.8 Å². The van der Waals surface area contributed by atoms with Gasteiger partial charge < -0.3 is 19.7 Å². The first-order valence-electron chi connectivity index (χ1n) is 8.52. The number of halogens is 2. The fraction of sp³-hybridized carbons (Fsp3) is 0.316. The van der Waals surface area contributed by atoms with Crippen molar-refractivity contribution in [2.75, 3.05) is 31.6 Å². The Hall–Kier alpha value is -2.31. The highest BCUT2D eigenvalue weighted by Crippen LogP contribution is 2.32. The molecule has 0 aliphatic carbocycles. The van der Waals surface area contributed by atoms with E-state index >= 15 is 0 Å². The summed E-state index contributed by atoms with van der Waals surface area (Å²) >= 11 is 6.08. The van der Waals surface area contributed by atoms with Crippen LogP contribution >= 0.6 is 11.6 Å². The molecule has 1 aliphatic rings. The van der Waals surface area contributed by atoms with E-state index in [9.17, 15) is 9.18 Å². The molecule has 138 valence electrons. The summed E-state index contributed by atoms with van der Waals surface area (Å²) in [5.41, 5.74) is 1.07. The van der Waals surface area contributed by atoms with Gasteiger partial charge in [0.05, 0.1) is 17.1 Å². The largest absolute Gasteiger partial charge is 0.486 e. The van der Waals surface area contributed by atoms with Crippen LogP contribution in [0.25, 0.3) is 0 Å². The Bertz CT molecular complexity index is 780. The molecule has 0 fully saturated rings. The van der Waals surface area contributed by atoms with Crippen LogP contribution in [0.1, 0.15) is 12.5 Å². The third-order valence-electron chi connectivity index (χ3n) is 4.22. The number of hydrogen-bond donors (Lipinski definition) is 2. The number of carbonyl (C=O) groups is 1. The summed E-state index contributed by atoms with van der Waals surface area (Å²) < 4.78 is 24.9. The average Bonchev–Trinajstić information content (AvgIpc) is 2.63. The number of rotatable bonds is 6. The van der Waals surface area contributed by atoms with Crippen molar-refractivity contribution in [3.63, 3.8) is 0 Å². The van der Waals surface area contributed by atoms with Crippen molar-refractivity contribution >= 4 is 23.2 Å². The second kappa shape index (κ2) is 8.38. The number of hydrogen-bond acceptors (Lipinski definition) is 3. The molecule has 0 saturated heterocycles. The maximum absolute atomic E-state index is 14.0. The lowest BCUT2D eigenvalue weighted by molar-refractivity contribution is -0.904. The van der Waals surface area contributed by atoms with Crippen molar-refractivity contribution in [3.8, 4) is 11.5 Å². The van der Waals surface area contributed by atoms with Crippen LogP contribution in [0.2, 0.25) is 5.02 Å². The lowest BCUT2D eigenvalue weighted by Crippen LogP contribution is -3.11. The van der Waals surface area contributed by atoms with Crippen LogP contribution in [0.15, 0.2) is 36.4 Å². The van der Waals surface area contributed by atoms with Crippen molar-refractivity contribution < 1.29 is 23.6 Å². The van der Waals surface area contributed by atoms with E-state index in [1.54, 1.807) is 30.3 Å². The van der Waals surface area contributed by atoms with E-state index < -0.39 is 0 Å². The van der Waals surface area contributed by atoms with Gasteiger partial charge in [-0.25, -0.2) is 4.39 Å². The highest BCUT2D eigenvalue weighted by molar-refractivity contribution is 6.31. The number of carbonyl (C=O) groups excluding carboxylic acids is 1. The molecule has 0 radical (unpaired) electrons. The Morgan fingerprint density at radius 3 is 2.73 bits per heavy atom. The van der Waals surface area contributed by atoms with Gasteiger partial charge in [-0.1, -0.05) is 17.7 Å². The van der Waals surface area contributed by atoms with E-state index in [2.05, 4.69) is 5.32 Å². The van der Waals surface area contributed by atoms with E-state index in [0.717, 1.165) is 4.90 Å². The van der Waals surface area contributed by atoms with Crippen LogP contribution in [0.5, 0.6) is 11.5 Å². The SMILES string of the molecule is CC[NH+](CC(=O)Nc1ccc2c(c1)OCCO2)Cc1c(F)cccc1Cl. The van der Waals surface area contributed by atoms with E-state index in [0.29, 0.717) is 54.1 Å². The Labute approximate surface area is 156 Å². The van der Waals surface area contributed by atoms with Crippen molar-refractivity contribution in [2.45, 2.75) is 13.5 Å². The first-order chi connectivity index (χ1) is 12.6. The first kappa shape index (κ1) is 18.5. The summed E-state index contributed by atoms with van der Waals surface area (Å²) in [4.78, 5) is 13.3. The smallest absolute Gasteiger partial charge is 0.279 e. The predicted octanol–water partition coefficient (Wildman–Crippen LogP) is 2.29. The summed E-state index contributed by atoms with van der Waals surface area (Å²) in [6.45, 7) is 4.17. The van der Waals surface area contributed by atoms with Gasteiger partial charge in [-0.3, -0.25) is 4.79 Å². The van der Waals surface area contributed by atoms with Crippen molar-refractivity contribution in [1.29, 1.82) is 0 Å². The monoisotopic (exact) mass is 379 g/mol. The highest BCUT2D eigenvalue weighted by atomic mass is 35.5. The van der Waals surface area contributed by atoms with Crippen LogP contribution < -0.4 is 19.7 Å². The zero-order valence-electron chi connectivity index (χ0n) is 14.5. The lowest BCUT2D eigenvalue weighted by Gasteiger charge is -2.20. The molecular weight excluding hydrogens is 359 g/mol. The van der Waals surface area contributed by atoms with Crippen LogP contribution in [-0.2, 0) is 11.3 Å². The molecule has 2 N–H and O–H groups in total. The zero-order valence-corrected chi connectivity index (χ0v) is 15.2. The number of likely N-dealkylation sites (N-methyl/N-ethyl adjacent to an activating group) is 1. The Morgan fingerprint density at radius 1 is 1.23 bits per heavy atom. The topological polar surface area (TPSA) is 52.0 Å². The first-order valence-corrected chi connectivity index (χ1v) is 8.90. The standard InChI is InChI=1S/C19H20ClFN2O3/c1-2-23(11-14-15(20)4-3-5-16(14)21)12-19(24)22-13-6-7-17-18(10-13)26-9-8-25-17/h3-7,10H,2,8-9,11-12H2,1H3,(H,22,24)/p+1. The second-order valence-electron chi connectivity index (χ2n) is 6.06. The summed E-state index contributed by atoms with van der Waals surface area (Å²) in [5.74, 6) is 0.776.